The molecule has 0 radical (unpaired) electrons. The van der Waals surface area contributed by atoms with Gasteiger partial charge in [-0.1, -0.05) is 26.0 Å². The van der Waals surface area contributed by atoms with Gasteiger partial charge in [0, 0.05) is 23.8 Å². The average molecular weight is 198 g/mol. The van der Waals surface area contributed by atoms with E-state index in [1.807, 2.05) is 6.92 Å². The van der Waals surface area contributed by atoms with Gasteiger partial charge in [0.2, 0.25) is 0 Å². The lowest BCUT2D eigenvalue weighted by Gasteiger charge is -2.24. The van der Waals surface area contributed by atoms with Crippen LogP contribution in [0.2, 0.25) is 0 Å². The smallest absolute Gasteiger partial charge is 0.0454 e. The number of hydrogen-bond acceptors (Lipinski definition) is 4. The van der Waals surface area contributed by atoms with Crippen LogP contribution < -0.4 is 10.2 Å². The van der Waals surface area contributed by atoms with Crippen LogP contribution in [0.3, 0.4) is 0 Å². The summed E-state index contributed by atoms with van der Waals surface area (Å²) in [5.41, 5.74) is 0. The van der Waals surface area contributed by atoms with E-state index in [2.05, 4.69) is 0 Å². The summed E-state index contributed by atoms with van der Waals surface area (Å²) >= 11 is 0. The lowest BCUT2D eigenvalue weighted by atomic mass is 9.91. The standard InChI is InChI=1S/C10H16O4/c1-3-4-5-6-8(10(13)14)7(2)9(11)12/h4-5,7-8H,3,6H2,1-2H3,(H,11,12)(H,13,14)/p-2/b5-4+. The molecule has 0 bridgehead atoms. The van der Waals surface area contributed by atoms with Gasteiger partial charge in [0.15, 0.2) is 0 Å². The van der Waals surface area contributed by atoms with Crippen molar-refractivity contribution in [2.24, 2.45) is 11.8 Å². The van der Waals surface area contributed by atoms with Crippen LogP contribution in [0.25, 0.3) is 0 Å². The fourth-order valence-electron chi connectivity index (χ4n) is 1.08. The summed E-state index contributed by atoms with van der Waals surface area (Å²) in [6.45, 7) is 3.22. The molecule has 0 aliphatic rings. The molecule has 0 heterocycles. The predicted octanol–water partition coefficient (Wildman–Crippen LogP) is -0.905. The van der Waals surface area contributed by atoms with E-state index in [9.17, 15) is 19.8 Å². The molecule has 0 aliphatic carbocycles. The number of allylic oxidation sites excluding steroid dienone is 2. The molecule has 0 rings (SSSR count). The number of carboxylic acids is 2. The normalized spacial score (nSPS) is 15.3. The van der Waals surface area contributed by atoms with Gasteiger partial charge >= 0.3 is 0 Å². The van der Waals surface area contributed by atoms with Crippen LogP contribution in [-0.2, 0) is 9.59 Å². The van der Waals surface area contributed by atoms with E-state index in [0.29, 0.717) is 0 Å². The Morgan fingerprint density at radius 3 is 2.14 bits per heavy atom. The Bertz CT molecular complexity index is 232. The van der Waals surface area contributed by atoms with Crippen LogP contribution in [0, 0.1) is 11.8 Å². The third-order valence-corrected chi connectivity index (χ3v) is 2.07. The first-order chi connectivity index (χ1) is 6.50. The number of aliphatic carboxylic acids is 2. The molecule has 0 aromatic heterocycles. The zero-order chi connectivity index (χ0) is 11.1. The maximum atomic E-state index is 10.6. The summed E-state index contributed by atoms with van der Waals surface area (Å²) in [5, 5.41) is 21.1. The molecule has 0 aliphatic heterocycles. The average Bonchev–Trinajstić information content (AvgIpc) is 2.10. The van der Waals surface area contributed by atoms with Crippen molar-refractivity contribution in [2.75, 3.05) is 0 Å². The minimum absolute atomic E-state index is 0.172. The van der Waals surface area contributed by atoms with E-state index in [1.165, 1.54) is 6.92 Å². The van der Waals surface area contributed by atoms with E-state index >= 15 is 0 Å². The van der Waals surface area contributed by atoms with E-state index in [0.717, 1.165) is 6.42 Å². The third kappa shape index (κ3) is 4.07. The predicted molar refractivity (Wildman–Crippen MR) is 46.7 cm³/mol. The molecule has 0 aromatic rings. The molecule has 0 fully saturated rings. The fourth-order valence-corrected chi connectivity index (χ4v) is 1.08. The maximum absolute atomic E-state index is 10.6. The van der Waals surface area contributed by atoms with E-state index < -0.39 is 23.8 Å². The summed E-state index contributed by atoms with van der Waals surface area (Å²) in [6, 6.07) is 0. The minimum Gasteiger partial charge on any atom is -0.550 e. The number of carboxylic acid groups (broad SMARTS) is 2. The van der Waals surface area contributed by atoms with Crippen LogP contribution in [0.1, 0.15) is 26.7 Å². The summed E-state index contributed by atoms with van der Waals surface area (Å²) in [6.07, 6.45) is 4.41. The Labute approximate surface area is 83.2 Å². The van der Waals surface area contributed by atoms with Gasteiger partial charge in [-0.2, -0.15) is 0 Å². The van der Waals surface area contributed by atoms with Crippen molar-refractivity contribution in [3.05, 3.63) is 12.2 Å². The molecular weight excluding hydrogens is 184 g/mol. The van der Waals surface area contributed by atoms with Gasteiger partial charge in [0.1, 0.15) is 0 Å². The molecule has 80 valence electrons. The largest absolute Gasteiger partial charge is 0.550 e. The van der Waals surface area contributed by atoms with E-state index in [-0.39, 0.29) is 6.42 Å². The molecule has 4 nitrogen and oxygen atoms in total. The van der Waals surface area contributed by atoms with Gasteiger partial charge in [-0.15, -0.1) is 0 Å². The number of carbonyl (C=O) groups excluding carboxylic acids is 2. The number of carbonyl (C=O) groups is 2. The van der Waals surface area contributed by atoms with Crippen LogP contribution in [0.4, 0.5) is 0 Å². The van der Waals surface area contributed by atoms with Crippen molar-refractivity contribution >= 4 is 11.9 Å². The van der Waals surface area contributed by atoms with Crippen LogP contribution in [-0.4, -0.2) is 11.9 Å². The summed E-state index contributed by atoms with van der Waals surface area (Å²) in [5.74, 6) is -4.74. The number of rotatable bonds is 6. The molecule has 2 atom stereocenters. The van der Waals surface area contributed by atoms with Crippen molar-refractivity contribution in [3.8, 4) is 0 Å². The molecule has 4 heteroatoms. The molecule has 14 heavy (non-hydrogen) atoms. The lowest BCUT2D eigenvalue weighted by Crippen LogP contribution is -2.42. The molecule has 0 N–H and O–H groups in total. The van der Waals surface area contributed by atoms with Crippen molar-refractivity contribution in [3.63, 3.8) is 0 Å². The first-order valence-corrected chi connectivity index (χ1v) is 4.57. The van der Waals surface area contributed by atoms with E-state index in [4.69, 9.17) is 0 Å². The van der Waals surface area contributed by atoms with Crippen molar-refractivity contribution < 1.29 is 19.8 Å². The molecule has 0 amide bonds. The summed E-state index contributed by atoms with van der Waals surface area (Å²) < 4.78 is 0. The first-order valence-electron chi connectivity index (χ1n) is 4.57. The Morgan fingerprint density at radius 2 is 1.79 bits per heavy atom. The highest BCUT2D eigenvalue weighted by molar-refractivity contribution is 5.77. The monoisotopic (exact) mass is 198 g/mol. The summed E-state index contributed by atoms with van der Waals surface area (Å²) in [7, 11) is 0. The first kappa shape index (κ1) is 12.7. The second-order valence-electron chi connectivity index (χ2n) is 3.15. The van der Waals surface area contributed by atoms with Crippen molar-refractivity contribution in [2.45, 2.75) is 26.7 Å². The van der Waals surface area contributed by atoms with Gasteiger partial charge in [-0.05, 0) is 12.8 Å². The van der Waals surface area contributed by atoms with Gasteiger partial charge in [0.05, 0.1) is 0 Å². The molecule has 0 spiro atoms. The Hall–Kier alpha value is -1.32. The Balaban J connectivity index is 4.37. The molecule has 2 unspecified atom stereocenters. The fraction of sp³-hybridized carbons (Fsp3) is 0.600. The highest BCUT2D eigenvalue weighted by atomic mass is 16.4. The van der Waals surface area contributed by atoms with E-state index in [1.54, 1.807) is 12.2 Å². The maximum Gasteiger partial charge on any atom is 0.0454 e. The molecular formula is C10H14O4-2. The highest BCUT2D eigenvalue weighted by Crippen LogP contribution is 2.15. The van der Waals surface area contributed by atoms with Gasteiger partial charge < -0.3 is 19.8 Å². The Morgan fingerprint density at radius 1 is 1.21 bits per heavy atom. The molecule has 0 aromatic carbocycles. The minimum atomic E-state index is -1.36. The second-order valence-corrected chi connectivity index (χ2v) is 3.15. The molecule has 0 saturated carbocycles. The Kier molecular flexibility index (Phi) is 5.60. The van der Waals surface area contributed by atoms with Crippen molar-refractivity contribution in [1.82, 2.24) is 0 Å². The number of hydrogen-bond donors (Lipinski definition) is 0. The summed E-state index contributed by atoms with van der Waals surface area (Å²) in [4.78, 5) is 21.1. The highest BCUT2D eigenvalue weighted by Gasteiger charge is 2.17. The quantitative estimate of drug-likeness (QED) is 0.518. The van der Waals surface area contributed by atoms with Crippen LogP contribution in [0.15, 0.2) is 12.2 Å². The van der Waals surface area contributed by atoms with Gasteiger partial charge in [0.25, 0.3) is 0 Å². The zero-order valence-corrected chi connectivity index (χ0v) is 8.36. The van der Waals surface area contributed by atoms with Gasteiger partial charge in [-0.3, -0.25) is 0 Å². The van der Waals surface area contributed by atoms with Crippen molar-refractivity contribution in [1.29, 1.82) is 0 Å². The molecule has 0 saturated heterocycles. The van der Waals surface area contributed by atoms with Crippen LogP contribution >= 0.6 is 0 Å². The third-order valence-electron chi connectivity index (χ3n) is 2.07. The van der Waals surface area contributed by atoms with Crippen LogP contribution in [0.5, 0.6) is 0 Å². The topological polar surface area (TPSA) is 80.3 Å². The zero-order valence-electron chi connectivity index (χ0n) is 8.36. The SMILES string of the molecule is CC/C=C/CC(C(=O)[O-])C(C)C(=O)[O-]. The lowest BCUT2D eigenvalue weighted by molar-refractivity contribution is -0.326. The second kappa shape index (κ2) is 6.18. The van der Waals surface area contributed by atoms with Gasteiger partial charge in [-0.25, -0.2) is 0 Å².